The molecule has 0 saturated heterocycles. The molecule has 0 saturated carbocycles. The Balaban J connectivity index is 4.54. The zero-order valence-electron chi connectivity index (χ0n) is 8.21. The highest BCUT2D eigenvalue weighted by molar-refractivity contribution is 7.20. The highest BCUT2D eigenvalue weighted by Gasteiger charge is 2.53. The maximum atomic E-state index is 13.8. The summed E-state index contributed by atoms with van der Waals surface area (Å²) in [4.78, 5) is 0. The Morgan fingerprint density at radius 2 is 1.85 bits per heavy atom. The van der Waals surface area contributed by atoms with Crippen LogP contribution in [0.2, 0.25) is 13.1 Å². The monoisotopic (exact) mass is 232 g/mol. The SMILES string of the molecule is CCCCC(F)(C(F)F)[Si](C)(C)Cl. The number of unbranched alkanes of at least 4 members (excludes halogenated alkanes) is 1. The van der Waals surface area contributed by atoms with Crippen LogP contribution in [0.1, 0.15) is 26.2 Å². The highest BCUT2D eigenvalue weighted by Crippen LogP contribution is 2.38. The van der Waals surface area contributed by atoms with Crippen molar-refractivity contribution in [2.24, 2.45) is 0 Å². The molecule has 0 heterocycles. The fraction of sp³-hybridized carbons (Fsp3) is 1.00. The zero-order valence-corrected chi connectivity index (χ0v) is 9.97. The average Bonchev–Trinajstić information content (AvgIpc) is 1.97. The van der Waals surface area contributed by atoms with Crippen LogP contribution in [0.4, 0.5) is 13.2 Å². The van der Waals surface area contributed by atoms with E-state index in [0.29, 0.717) is 12.8 Å². The molecule has 1 unspecified atom stereocenters. The Bertz CT molecular complexity index is 158. The fourth-order valence-corrected chi connectivity index (χ4v) is 2.92. The van der Waals surface area contributed by atoms with Gasteiger partial charge in [0.2, 0.25) is 0 Å². The van der Waals surface area contributed by atoms with Gasteiger partial charge in [-0.25, -0.2) is 13.2 Å². The maximum absolute atomic E-state index is 13.8. The van der Waals surface area contributed by atoms with E-state index in [4.69, 9.17) is 11.1 Å². The predicted octanol–water partition coefficient (Wildman–Crippen LogP) is 4.13. The van der Waals surface area contributed by atoms with Gasteiger partial charge in [-0.15, -0.1) is 0 Å². The minimum Gasteiger partial charge on any atom is -0.240 e. The molecule has 0 aliphatic heterocycles. The average molecular weight is 233 g/mol. The molecule has 0 aromatic heterocycles. The molecule has 0 spiro atoms. The molecule has 0 bridgehead atoms. The van der Waals surface area contributed by atoms with E-state index in [2.05, 4.69) is 0 Å². The van der Waals surface area contributed by atoms with Crippen LogP contribution in [-0.4, -0.2) is 19.1 Å². The lowest BCUT2D eigenvalue weighted by molar-refractivity contribution is 0.00924. The van der Waals surface area contributed by atoms with Gasteiger partial charge in [0, 0.05) is 0 Å². The van der Waals surface area contributed by atoms with Gasteiger partial charge < -0.3 is 0 Å². The van der Waals surface area contributed by atoms with Crippen molar-refractivity contribution in [2.75, 3.05) is 0 Å². The lowest BCUT2D eigenvalue weighted by atomic mass is 10.2. The lowest BCUT2D eigenvalue weighted by Crippen LogP contribution is -2.52. The van der Waals surface area contributed by atoms with Crippen molar-refractivity contribution in [2.45, 2.75) is 51.0 Å². The molecule has 0 aromatic carbocycles. The first kappa shape index (κ1) is 13.3. The fourth-order valence-electron chi connectivity index (χ4n) is 1.10. The molecule has 0 nitrogen and oxygen atoms in total. The third kappa shape index (κ3) is 3.16. The van der Waals surface area contributed by atoms with Gasteiger partial charge in [0.1, 0.15) is 0 Å². The Labute approximate surface area is 83.2 Å². The van der Waals surface area contributed by atoms with Crippen molar-refractivity contribution in [3.8, 4) is 0 Å². The van der Waals surface area contributed by atoms with Crippen LogP contribution in [0.3, 0.4) is 0 Å². The van der Waals surface area contributed by atoms with E-state index in [1.165, 1.54) is 13.1 Å². The van der Waals surface area contributed by atoms with E-state index in [0.717, 1.165) is 0 Å². The van der Waals surface area contributed by atoms with Crippen LogP contribution >= 0.6 is 11.1 Å². The molecule has 0 radical (unpaired) electrons. The van der Waals surface area contributed by atoms with Gasteiger partial charge >= 0.3 is 0 Å². The van der Waals surface area contributed by atoms with Crippen LogP contribution in [-0.2, 0) is 0 Å². The number of rotatable bonds is 5. The largest absolute Gasteiger partial charge is 0.270 e. The second-order valence-corrected chi connectivity index (χ2v) is 10.4. The maximum Gasteiger partial charge on any atom is 0.270 e. The smallest absolute Gasteiger partial charge is 0.240 e. The van der Waals surface area contributed by atoms with Gasteiger partial charge in [-0.2, -0.15) is 11.1 Å². The lowest BCUT2D eigenvalue weighted by Gasteiger charge is -2.33. The molecule has 0 amide bonds. The van der Waals surface area contributed by atoms with E-state index in [1.807, 2.05) is 6.92 Å². The number of hydrogen-bond donors (Lipinski definition) is 0. The van der Waals surface area contributed by atoms with Crippen LogP contribution in [0.15, 0.2) is 0 Å². The summed E-state index contributed by atoms with van der Waals surface area (Å²) >= 11 is 5.76. The molecular formula is C8H16ClF3Si. The molecule has 0 aromatic rings. The van der Waals surface area contributed by atoms with Gasteiger partial charge in [0.05, 0.1) is 0 Å². The van der Waals surface area contributed by atoms with Crippen molar-refractivity contribution >= 4 is 18.5 Å². The third-order valence-electron chi connectivity index (χ3n) is 2.23. The third-order valence-corrected chi connectivity index (χ3v) is 5.62. The number of hydrogen-bond acceptors (Lipinski definition) is 0. The summed E-state index contributed by atoms with van der Waals surface area (Å²) in [6.45, 7) is 4.70. The Hall–Kier alpha value is 0.297. The molecule has 80 valence electrons. The summed E-state index contributed by atoms with van der Waals surface area (Å²) in [6, 6.07) is 0. The molecule has 13 heavy (non-hydrogen) atoms. The molecule has 0 N–H and O–H groups in total. The van der Waals surface area contributed by atoms with E-state index >= 15 is 0 Å². The minimum atomic E-state index is -2.96. The summed E-state index contributed by atoms with van der Waals surface area (Å²) in [5.41, 5.74) is 0. The van der Waals surface area contributed by atoms with E-state index in [1.54, 1.807) is 0 Å². The zero-order chi connectivity index (χ0) is 10.7. The molecule has 0 rings (SSSR count). The van der Waals surface area contributed by atoms with Crippen LogP contribution in [0, 0.1) is 0 Å². The standard InChI is InChI=1S/C8H16ClF3Si/c1-4-5-6-8(12,7(10)11)13(2,3)9/h7H,4-6H2,1-3H3. The first-order valence-corrected chi connectivity index (χ1v) is 8.43. The van der Waals surface area contributed by atoms with E-state index < -0.39 is 19.1 Å². The van der Waals surface area contributed by atoms with Crippen LogP contribution in [0.25, 0.3) is 0 Å². The van der Waals surface area contributed by atoms with Gasteiger partial charge in [0.25, 0.3) is 6.43 Å². The normalized spacial score (nSPS) is 17.5. The van der Waals surface area contributed by atoms with Crippen molar-refractivity contribution in [3.63, 3.8) is 0 Å². The number of alkyl halides is 3. The van der Waals surface area contributed by atoms with Crippen LogP contribution in [0.5, 0.6) is 0 Å². The van der Waals surface area contributed by atoms with Gasteiger partial charge in [-0.3, -0.25) is 0 Å². The van der Waals surface area contributed by atoms with E-state index in [9.17, 15) is 13.2 Å². The summed E-state index contributed by atoms with van der Waals surface area (Å²) in [5, 5.41) is -2.44. The van der Waals surface area contributed by atoms with Gasteiger partial charge in [0.15, 0.2) is 12.7 Å². The number of halogens is 4. The highest BCUT2D eigenvalue weighted by atomic mass is 35.6. The summed E-state index contributed by atoms with van der Waals surface area (Å²) in [7, 11) is -2.96. The van der Waals surface area contributed by atoms with E-state index in [-0.39, 0.29) is 6.42 Å². The molecule has 0 aliphatic carbocycles. The first-order valence-electron chi connectivity index (χ1n) is 4.41. The van der Waals surface area contributed by atoms with Gasteiger partial charge in [-0.1, -0.05) is 32.9 Å². The molecule has 1 atom stereocenters. The Morgan fingerprint density at radius 3 is 2.08 bits per heavy atom. The molecule has 0 fully saturated rings. The van der Waals surface area contributed by atoms with Gasteiger partial charge in [-0.05, 0) is 6.42 Å². The summed E-state index contributed by atoms with van der Waals surface area (Å²) in [6.07, 6.45) is -1.91. The molecule has 0 aliphatic rings. The Kier molecular flexibility index (Phi) is 4.79. The van der Waals surface area contributed by atoms with Crippen molar-refractivity contribution in [3.05, 3.63) is 0 Å². The Morgan fingerprint density at radius 1 is 1.38 bits per heavy atom. The van der Waals surface area contributed by atoms with Crippen molar-refractivity contribution < 1.29 is 13.2 Å². The predicted molar refractivity (Wildman–Crippen MR) is 52.7 cm³/mol. The topological polar surface area (TPSA) is 0 Å². The molecular weight excluding hydrogens is 217 g/mol. The quantitative estimate of drug-likeness (QED) is 0.494. The second kappa shape index (κ2) is 4.69. The van der Waals surface area contributed by atoms with Crippen LogP contribution < -0.4 is 0 Å². The first-order chi connectivity index (χ1) is 5.75. The summed E-state index contributed by atoms with van der Waals surface area (Å²) < 4.78 is 38.7. The summed E-state index contributed by atoms with van der Waals surface area (Å²) in [5.74, 6) is 0. The second-order valence-electron chi connectivity index (χ2n) is 3.74. The minimum absolute atomic E-state index is 0.121. The van der Waals surface area contributed by atoms with Crippen molar-refractivity contribution in [1.29, 1.82) is 0 Å². The molecule has 5 heteroatoms. The van der Waals surface area contributed by atoms with Crippen molar-refractivity contribution in [1.82, 2.24) is 0 Å².